The van der Waals surface area contributed by atoms with Gasteiger partial charge >= 0.3 is 0 Å². The molecule has 0 unspecified atom stereocenters. The van der Waals surface area contributed by atoms with Crippen LogP contribution in [0.3, 0.4) is 0 Å². The SMILES string of the molecule is COc1ccc(COc2ccc(/C=C/C(=O)N(C)Cc3ccccc3)cc2OC)cc1. The van der Waals surface area contributed by atoms with Crippen LogP contribution in [0.2, 0.25) is 0 Å². The van der Waals surface area contributed by atoms with Gasteiger partial charge in [0.15, 0.2) is 11.5 Å². The second-order valence-corrected chi connectivity index (χ2v) is 7.06. The van der Waals surface area contributed by atoms with E-state index in [1.54, 1.807) is 38.3 Å². The molecule has 0 aliphatic rings. The van der Waals surface area contributed by atoms with Crippen LogP contribution in [-0.2, 0) is 17.9 Å². The molecule has 160 valence electrons. The predicted molar refractivity (Wildman–Crippen MR) is 122 cm³/mol. The van der Waals surface area contributed by atoms with Crippen LogP contribution in [0.1, 0.15) is 16.7 Å². The van der Waals surface area contributed by atoms with Gasteiger partial charge in [0, 0.05) is 19.7 Å². The fourth-order valence-corrected chi connectivity index (χ4v) is 3.02. The van der Waals surface area contributed by atoms with Crippen molar-refractivity contribution >= 4 is 12.0 Å². The second-order valence-electron chi connectivity index (χ2n) is 7.06. The molecule has 1 amide bonds. The van der Waals surface area contributed by atoms with Crippen LogP contribution in [0.25, 0.3) is 6.08 Å². The molecular weight excluding hydrogens is 390 g/mol. The van der Waals surface area contributed by atoms with Crippen molar-refractivity contribution in [3.05, 3.63) is 95.6 Å². The molecule has 0 bridgehead atoms. The summed E-state index contributed by atoms with van der Waals surface area (Å²) in [6.45, 7) is 0.976. The van der Waals surface area contributed by atoms with Crippen LogP contribution >= 0.6 is 0 Å². The summed E-state index contributed by atoms with van der Waals surface area (Å²) in [4.78, 5) is 14.1. The van der Waals surface area contributed by atoms with Gasteiger partial charge in [-0.05, 0) is 47.0 Å². The number of hydrogen-bond donors (Lipinski definition) is 0. The van der Waals surface area contributed by atoms with Gasteiger partial charge in [-0.25, -0.2) is 0 Å². The van der Waals surface area contributed by atoms with Gasteiger partial charge in [0.2, 0.25) is 5.91 Å². The third kappa shape index (κ3) is 6.37. The Hall–Kier alpha value is -3.73. The molecule has 3 aromatic rings. The average molecular weight is 418 g/mol. The largest absolute Gasteiger partial charge is 0.497 e. The van der Waals surface area contributed by atoms with Gasteiger partial charge in [0.1, 0.15) is 12.4 Å². The van der Waals surface area contributed by atoms with Crippen molar-refractivity contribution in [1.82, 2.24) is 4.90 Å². The fraction of sp³-hybridized carbons (Fsp3) is 0.192. The summed E-state index contributed by atoms with van der Waals surface area (Å²) in [6, 6.07) is 23.2. The van der Waals surface area contributed by atoms with Crippen molar-refractivity contribution < 1.29 is 19.0 Å². The van der Waals surface area contributed by atoms with Crippen LogP contribution in [0.4, 0.5) is 0 Å². The number of methoxy groups -OCH3 is 2. The quantitative estimate of drug-likeness (QED) is 0.462. The molecule has 5 heteroatoms. The van der Waals surface area contributed by atoms with E-state index in [9.17, 15) is 4.79 Å². The maximum atomic E-state index is 12.4. The van der Waals surface area contributed by atoms with Gasteiger partial charge in [-0.1, -0.05) is 48.5 Å². The molecule has 0 saturated carbocycles. The smallest absolute Gasteiger partial charge is 0.246 e. The molecular formula is C26H27NO4. The highest BCUT2D eigenvalue weighted by Gasteiger charge is 2.08. The van der Waals surface area contributed by atoms with E-state index in [0.717, 1.165) is 22.4 Å². The molecule has 0 N–H and O–H groups in total. The Labute approximate surface area is 183 Å². The maximum Gasteiger partial charge on any atom is 0.246 e. The summed E-state index contributed by atoms with van der Waals surface area (Å²) in [7, 11) is 5.03. The number of amides is 1. The molecule has 0 fully saturated rings. The Balaban J connectivity index is 1.61. The van der Waals surface area contributed by atoms with Crippen molar-refractivity contribution in [3.8, 4) is 17.2 Å². The van der Waals surface area contributed by atoms with Crippen molar-refractivity contribution in [2.75, 3.05) is 21.3 Å². The molecule has 5 nitrogen and oxygen atoms in total. The summed E-state index contributed by atoms with van der Waals surface area (Å²) < 4.78 is 16.5. The zero-order valence-corrected chi connectivity index (χ0v) is 18.1. The number of benzene rings is 3. The first kappa shape index (κ1) is 22.0. The number of carbonyl (C=O) groups excluding carboxylic acids is 1. The minimum atomic E-state index is -0.0670. The van der Waals surface area contributed by atoms with E-state index in [-0.39, 0.29) is 5.91 Å². The zero-order valence-electron chi connectivity index (χ0n) is 18.1. The number of hydrogen-bond acceptors (Lipinski definition) is 4. The van der Waals surface area contributed by atoms with Gasteiger partial charge < -0.3 is 19.1 Å². The molecule has 0 heterocycles. The molecule has 31 heavy (non-hydrogen) atoms. The summed E-state index contributed by atoms with van der Waals surface area (Å²) in [5.41, 5.74) is 2.97. The predicted octanol–water partition coefficient (Wildman–Crippen LogP) is 4.95. The third-order valence-electron chi connectivity index (χ3n) is 4.80. The van der Waals surface area contributed by atoms with Crippen molar-refractivity contribution in [3.63, 3.8) is 0 Å². The summed E-state index contributed by atoms with van der Waals surface area (Å²) >= 11 is 0. The molecule has 0 aromatic heterocycles. The topological polar surface area (TPSA) is 48.0 Å². The number of carbonyl (C=O) groups is 1. The van der Waals surface area contributed by atoms with Gasteiger partial charge in [-0.15, -0.1) is 0 Å². The van der Waals surface area contributed by atoms with E-state index in [1.165, 1.54) is 0 Å². The van der Waals surface area contributed by atoms with E-state index in [4.69, 9.17) is 14.2 Å². The van der Waals surface area contributed by atoms with E-state index in [2.05, 4.69) is 0 Å². The lowest BCUT2D eigenvalue weighted by molar-refractivity contribution is -0.125. The number of likely N-dealkylation sites (N-methyl/N-ethyl adjacent to an activating group) is 1. The van der Waals surface area contributed by atoms with Crippen LogP contribution in [0, 0.1) is 0 Å². The molecule has 3 aromatic carbocycles. The van der Waals surface area contributed by atoms with Crippen LogP contribution < -0.4 is 14.2 Å². The normalized spacial score (nSPS) is 10.7. The Bertz CT molecular complexity index is 1010. The lowest BCUT2D eigenvalue weighted by Crippen LogP contribution is -2.24. The van der Waals surface area contributed by atoms with E-state index in [0.29, 0.717) is 24.7 Å². The van der Waals surface area contributed by atoms with Crippen LogP contribution in [0.15, 0.2) is 78.9 Å². The summed E-state index contributed by atoms with van der Waals surface area (Å²) in [5.74, 6) is 1.99. The van der Waals surface area contributed by atoms with Crippen molar-refractivity contribution in [2.45, 2.75) is 13.2 Å². The molecule has 0 aliphatic carbocycles. The lowest BCUT2D eigenvalue weighted by Gasteiger charge is -2.15. The van der Waals surface area contributed by atoms with Gasteiger partial charge in [-0.2, -0.15) is 0 Å². The molecule has 0 spiro atoms. The van der Waals surface area contributed by atoms with Crippen LogP contribution in [0.5, 0.6) is 17.2 Å². The first-order valence-electron chi connectivity index (χ1n) is 10.00. The fourth-order valence-electron chi connectivity index (χ4n) is 3.02. The molecule has 0 saturated heterocycles. The maximum absolute atomic E-state index is 12.4. The van der Waals surface area contributed by atoms with E-state index >= 15 is 0 Å². The highest BCUT2D eigenvalue weighted by Crippen LogP contribution is 2.29. The monoisotopic (exact) mass is 417 g/mol. The van der Waals surface area contributed by atoms with Crippen molar-refractivity contribution in [2.24, 2.45) is 0 Å². The Kier molecular flexibility index (Phi) is 7.71. The summed E-state index contributed by atoms with van der Waals surface area (Å²) in [6.07, 6.45) is 3.34. The molecule has 3 rings (SSSR count). The van der Waals surface area contributed by atoms with Crippen LogP contribution in [-0.4, -0.2) is 32.1 Å². The number of nitrogens with zero attached hydrogens (tertiary/aromatic N) is 1. The second kappa shape index (κ2) is 10.9. The Morgan fingerprint density at radius 1 is 0.871 bits per heavy atom. The highest BCUT2D eigenvalue weighted by molar-refractivity contribution is 5.91. The molecule has 0 aliphatic heterocycles. The van der Waals surface area contributed by atoms with Gasteiger partial charge in [0.25, 0.3) is 0 Å². The lowest BCUT2D eigenvalue weighted by atomic mass is 10.1. The highest BCUT2D eigenvalue weighted by atomic mass is 16.5. The van der Waals surface area contributed by atoms with E-state index < -0.39 is 0 Å². The summed E-state index contributed by atoms with van der Waals surface area (Å²) in [5, 5.41) is 0. The third-order valence-corrected chi connectivity index (χ3v) is 4.80. The Morgan fingerprint density at radius 3 is 2.29 bits per heavy atom. The molecule has 0 atom stereocenters. The first-order chi connectivity index (χ1) is 15.1. The van der Waals surface area contributed by atoms with E-state index in [1.807, 2.05) is 72.8 Å². The minimum absolute atomic E-state index is 0.0670. The number of ether oxygens (including phenoxy) is 3. The average Bonchev–Trinajstić information content (AvgIpc) is 2.82. The van der Waals surface area contributed by atoms with Gasteiger partial charge in [-0.3, -0.25) is 4.79 Å². The van der Waals surface area contributed by atoms with Crippen molar-refractivity contribution in [1.29, 1.82) is 0 Å². The molecule has 0 radical (unpaired) electrons. The zero-order chi connectivity index (χ0) is 22.1. The number of rotatable bonds is 9. The minimum Gasteiger partial charge on any atom is -0.497 e. The first-order valence-corrected chi connectivity index (χ1v) is 10.00. The standard InChI is InChI=1S/C26H27NO4/c1-27(18-21-7-5-4-6-8-21)26(28)16-12-20-11-15-24(25(17-20)30-3)31-19-22-9-13-23(29-2)14-10-22/h4-17H,18-19H2,1-3H3/b16-12+. The Morgan fingerprint density at radius 2 is 1.61 bits per heavy atom. The van der Waals surface area contributed by atoms with Gasteiger partial charge in [0.05, 0.1) is 14.2 Å².